The third kappa shape index (κ3) is 8.12. The Morgan fingerprint density at radius 3 is 2.59 bits per heavy atom. The summed E-state index contributed by atoms with van der Waals surface area (Å²) in [6.45, 7) is 7.94. The third-order valence-corrected chi connectivity index (χ3v) is 2.56. The number of esters is 1. The zero-order valence-electron chi connectivity index (χ0n) is 11.5. The summed E-state index contributed by atoms with van der Waals surface area (Å²) in [7, 11) is 3.45. The maximum absolute atomic E-state index is 11.4. The van der Waals surface area contributed by atoms with Crippen LogP contribution >= 0.6 is 0 Å². The molecule has 0 amide bonds. The number of carbonyl (C=O) groups excluding carboxylic acids is 1. The summed E-state index contributed by atoms with van der Waals surface area (Å²) in [5, 5.41) is 3.12. The number of likely N-dealkylation sites (N-methyl/N-ethyl adjacent to an activating group) is 2. The molecule has 102 valence electrons. The highest BCUT2D eigenvalue weighted by Gasteiger charge is 2.17. The van der Waals surface area contributed by atoms with Crippen LogP contribution in [0.1, 0.15) is 20.3 Å². The molecule has 0 rings (SSSR count). The lowest BCUT2D eigenvalue weighted by molar-refractivity contribution is -0.143. The van der Waals surface area contributed by atoms with Crippen LogP contribution in [0.25, 0.3) is 0 Å². The van der Waals surface area contributed by atoms with Gasteiger partial charge in [-0.25, -0.2) is 0 Å². The number of methoxy groups -OCH3 is 1. The van der Waals surface area contributed by atoms with Crippen LogP contribution in [-0.2, 0) is 14.3 Å². The fourth-order valence-corrected chi connectivity index (χ4v) is 1.52. The van der Waals surface area contributed by atoms with Crippen LogP contribution in [0.4, 0.5) is 0 Å². The molecular weight excluding hydrogens is 220 g/mol. The zero-order chi connectivity index (χ0) is 13.1. The average Bonchev–Trinajstić information content (AvgIpc) is 2.33. The Hall–Kier alpha value is -0.650. The third-order valence-electron chi connectivity index (χ3n) is 2.56. The maximum Gasteiger partial charge on any atom is 0.322 e. The van der Waals surface area contributed by atoms with Gasteiger partial charge in [0.1, 0.15) is 6.04 Å². The first kappa shape index (κ1) is 16.4. The van der Waals surface area contributed by atoms with Gasteiger partial charge in [-0.3, -0.25) is 4.79 Å². The minimum Gasteiger partial charge on any atom is -0.468 e. The summed E-state index contributed by atoms with van der Waals surface area (Å²) >= 11 is 0. The normalized spacial score (nSPS) is 12.8. The second-order valence-corrected chi connectivity index (χ2v) is 3.92. The van der Waals surface area contributed by atoms with Gasteiger partial charge < -0.3 is 19.7 Å². The van der Waals surface area contributed by atoms with Gasteiger partial charge in [0.25, 0.3) is 0 Å². The highest BCUT2D eigenvalue weighted by atomic mass is 16.5. The van der Waals surface area contributed by atoms with E-state index >= 15 is 0 Å². The van der Waals surface area contributed by atoms with Crippen LogP contribution in [-0.4, -0.2) is 63.9 Å². The Labute approximate surface area is 104 Å². The lowest BCUT2D eigenvalue weighted by Crippen LogP contribution is -2.40. The summed E-state index contributed by atoms with van der Waals surface area (Å²) in [5.74, 6) is -0.190. The van der Waals surface area contributed by atoms with E-state index in [0.717, 1.165) is 39.3 Å². The van der Waals surface area contributed by atoms with Gasteiger partial charge in [-0.1, -0.05) is 6.92 Å². The molecule has 1 atom stereocenters. The van der Waals surface area contributed by atoms with Crippen molar-refractivity contribution in [2.75, 3.05) is 47.0 Å². The Balaban J connectivity index is 3.82. The number of nitrogens with one attached hydrogen (secondary N) is 1. The summed E-state index contributed by atoms with van der Waals surface area (Å²) in [5.41, 5.74) is 0. The second-order valence-electron chi connectivity index (χ2n) is 3.92. The Bertz CT molecular complexity index is 200. The molecule has 1 unspecified atom stereocenters. The number of rotatable bonds is 10. The number of nitrogens with zero attached hydrogens (tertiary/aromatic N) is 1. The van der Waals surface area contributed by atoms with Gasteiger partial charge in [-0.2, -0.15) is 0 Å². The minimum atomic E-state index is -0.209. The van der Waals surface area contributed by atoms with Gasteiger partial charge in [-0.05, 0) is 33.5 Å². The molecule has 0 saturated carbocycles. The molecule has 0 radical (unpaired) electrons. The monoisotopic (exact) mass is 246 g/mol. The lowest BCUT2D eigenvalue weighted by atomic mass is 10.2. The van der Waals surface area contributed by atoms with Crippen molar-refractivity contribution in [1.82, 2.24) is 10.2 Å². The van der Waals surface area contributed by atoms with Crippen molar-refractivity contribution in [1.29, 1.82) is 0 Å². The van der Waals surface area contributed by atoms with Crippen molar-refractivity contribution in [3.63, 3.8) is 0 Å². The number of ether oxygens (including phenoxy) is 2. The topological polar surface area (TPSA) is 50.8 Å². The Morgan fingerprint density at radius 1 is 1.35 bits per heavy atom. The van der Waals surface area contributed by atoms with E-state index in [4.69, 9.17) is 9.47 Å². The van der Waals surface area contributed by atoms with E-state index in [9.17, 15) is 4.79 Å². The zero-order valence-corrected chi connectivity index (χ0v) is 11.5. The molecule has 0 aliphatic heterocycles. The maximum atomic E-state index is 11.4. The van der Waals surface area contributed by atoms with Crippen LogP contribution in [0, 0.1) is 0 Å². The average molecular weight is 246 g/mol. The number of hydrogen-bond donors (Lipinski definition) is 1. The van der Waals surface area contributed by atoms with Gasteiger partial charge >= 0.3 is 5.97 Å². The molecule has 0 bridgehead atoms. The van der Waals surface area contributed by atoms with Gasteiger partial charge in [0.05, 0.1) is 13.7 Å². The SMILES string of the molecule is CCNC(CCN(C)CCOCC)C(=O)OC. The van der Waals surface area contributed by atoms with Gasteiger partial charge in [0.15, 0.2) is 0 Å². The highest BCUT2D eigenvalue weighted by Crippen LogP contribution is 1.97. The fraction of sp³-hybridized carbons (Fsp3) is 0.917. The summed E-state index contributed by atoms with van der Waals surface area (Å²) in [4.78, 5) is 13.6. The number of carbonyl (C=O) groups is 1. The largest absolute Gasteiger partial charge is 0.468 e. The van der Waals surface area contributed by atoms with Crippen LogP contribution < -0.4 is 5.32 Å². The van der Waals surface area contributed by atoms with Gasteiger partial charge in [0.2, 0.25) is 0 Å². The summed E-state index contributed by atoms with van der Waals surface area (Å²) in [6.07, 6.45) is 0.753. The molecule has 1 N–H and O–H groups in total. The molecule has 17 heavy (non-hydrogen) atoms. The molecule has 5 nitrogen and oxygen atoms in total. The van der Waals surface area contributed by atoms with Crippen LogP contribution in [0.3, 0.4) is 0 Å². The molecule has 0 saturated heterocycles. The summed E-state index contributed by atoms with van der Waals surface area (Å²) < 4.78 is 10.0. The number of hydrogen-bond acceptors (Lipinski definition) is 5. The van der Waals surface area contributed by atoms with Crippen molar-refractivity contribution in [2.45, 2.75) is 26.3 Å². The lowest BCUT2D eigenvalue weighted by Gasteiger charge is -2.20. The Morgan fingerprint density at radius 2 is 2.06 bits per heavy atom. The standard InChI is InChI=1S/C12H26N2O3/c1-5-13-11(12(15)16-4)7-8-14(3)9-10-17-6-2/h11,13H,5-10H2,1-4H3. The van der Waals surface area contributed by atoms with E-state index in [1.54, 1.807) is 0 Å². The molecule has 0 aromatic heterocycles. The van der Waals surface area contributed by atoms with E-state index in [2.05, 4.69) is 10.2 Å². The highest BCUT2D eigenvalue weighted by molar-refractivity contribution is 5.75. The first-order valence-corrected chi connectivity index (χ1v) is 6.23. The van der Waals surface area contributed by atoms with E-state index in [1.807, 2.05) is 20.9 Å². The van der Waals surface area contributed by atoms with Gasteiger partial charge in [-0.15, -0.1) is 0 Å². The molecule has 0 aromatic carbocycles. The summed E-state index contributed by atoms with van der Waals surface area (Å²) in [6, 6.07) is -0.209. The quantitative estimate of drug-likeness (QED) is 0.449. The molecular formula is C12H26N2O3. The van der Waals surface area contributed by atoms with E-state index < -0.39 is 0 Å². The van der Waals surface area contributed by atoms with Crippen LogP contribution in [0.2, 0.25) is 0 Å². The molecule has 0 spiro atoms. The van der Waals surface area contributed by atoms with Crippen LogP contribution in [0.15, 0.2) is 0 Å². The molecule has 0 aliphatic rings. The first-order chi connectivity index (χ1) is 8.15. The Kier molecular flexibility index (Phi) is 10.1. The molecule has 0 aromatic rings. The van der Waals surface area contributed by atoms with Crippen molar-refractivity contribution in [2.24, 2.45) is 0 Å². The molecule has 5 heteroatoms. The molecule has 0 heterocycles. The first-order valence-electron chi connectivity index (χ1n) is 6.23. The smallest absolute Gasteiger partial charge is 0.322 e. The van der Waals surface area contributed by atoms with Gasteiger partial charge in [0, 0.05) is 13.2 Å². The predicted molar refractivity (Wildman–Crippen MR) is 68.1 cm³/mol. The molecule has 0 fully saturated rings. The van der Waals surface area contributed by atoms with Crippen molar-refractivity contribution < 1.29 is 14.3 Å². The van der Waals surface area contributed by atoms with Crippen molar-refractivity contribution in [3.8, 4) is 0 Å². The van der Waals surface area contributed by atoms with Crippen LogP contribution in [0.5, 0.6) is 0 Å². The van der Waals surface area contributed by atoms with E-state index in [1.165, 1.54) is 7.11 Å². The van der Waals surface area contributed by atoms with E-state index in [0.29, 0.717) is 0 Å². The predicted octanol–water partition coefficient (Wildman–Crippen LogP) is 0.496. The van der Waals surface area contributed by atoms with Crippen molar-refractivity contribution >= 4 is 5.97 Å². The van der Waals surface area contributed by atoms with Crippen molar-refractivity contribution in [3.05, 3.63) is 0 Å². The minimum absolute atomic E-state index is 0.190. The molecule has 0 aliphatic carbocycles. The van der Waals surface area contributed by atoms with E-state index in [-0.39, 0.29) is 12.0 Å². The fourth-order valence-electron chi connectivity index (χ4n) is 1.52. The second kappa shape index (κ2) is 10.5.